The van der Waals surface area contributed by atoms with Gasteiger partial charge in [-0.25, -0.2) is 0 Å². The Balaban J connectivity index is 2.22. The number of aliphatic hydroxyl groups excluding tert-OH is 2. The van der Waals surface area contributed by atoms with Gasteiger partial charge in [-0.3, -0.25) is 4.98 Å². The van der Waals surface area contributed by atoms with Crippen LogP contribution in [0.3, 0.4) is 0 Å². The van der Waals surface area contributed by atoms with Gasteiger partial charge in [-0.1, -0.05) is 0 Å². The third-order valence-corrected chi connectivity index (χ3v) is 2.42. The molecule has 0 radical (unpaired) electrons. The third-order valence-electron chi connectivity index (χ3n) is 1.62. The normalized spacial score (nSPS) is 13.2. The molecule has 4 heteroatoms. The zero-order chi connectivity index (χ0) is 8.81. The molecule has 12 heavy (non-hydrogen) atoms. The second-order valence-electron chi connectivity index (χ2n) is 2.69. The fourth-order valence-electron chi connectivity index (χ4n) is 1.00. The summed E-state index contributed by atoms with van der Waals surface area (Å²) in [4.78, 5) is 5.01. The van der Waals surface area contributed by atoms with Crippen LogP contribution in [0.1, 0.15) is 17.7 Å². The van der Waals surface area contributed by atoms with E-state index in [2.05, 4.69) is 4.98 Å². The molecule has 2 N–H and O–H groups in total. The molecule has 0 spiro atoms. The van der Waals surface area contributed by atoms with Crippen molar-refractivity contribution in [2.24, 2.45) is 0 Å². The van der Waals surface area contributed by atoms with E-state index in [1.54, 1.807) is 23.0 Å². The van der Waals surface area contributed by atoms with Crippen LogP contribution in [0, 0.1) is 0 Å². The Hall–Kier alpha value is -0.450. The molecule has 1 unspecified atom stereocenters. The molecule has 0 amide bonds. The van der Waals surface area contributed by atoms with Crippen LogP contribution in [0.4, 0.5) is 0 Å². The third kappa shape index (κ3) is 3.30. The van der Waals surface area contributed by atoms with Crippen molar-refractivity contribution >= 4 is 11.3 Å². The molecule has 0 aliphatic rings. The molecule has 0 aromatic carbocycles. The first-order valence-electron chi connectivity index (χ1n) is 3.99. The number of nitrogens with zero attached hydrogens (tertiary/aromatic N) is 1. The van der Waals surface area contributed by atoms with E-state index in [-0.39, 0.29) is 12.7 Å². The predicted molar refractivity (Wildman–Crippen MR) is 48.1 cm³/mol. The highest BCUT2D eigenvalue weighted by atomic mass is 32.1. The quantitative estimate of drug-likeness (QED) is 0.717. The van der Waals surface area contributed by atoms with E-state index in [4.69, 9.17) is 5.11 Å². The zero-order valence-electron chi connectivity index (χ0n) is 6.81. The lowest BCUT2D eigenvalue weighted by Crippen LogP contribution is -2.09. The van der Waals surface area contributed by atoms with Crippen LogP contribution in [0.5, 0.6) is 0 Å². The summed E-state index contributed by atoms with van der Waals surface area (Å²) in [6.07, 6.45) is 3.42. The summed E-state index contributed by atoms with van der Waals surface area (Å²) in [5.74, 6) is 0. The molecule has 1 heterocycles. The van der Waals surface area contributed by atoms with Gasteiger partial charge < -0.3 is 10.2 Å². The average Bonchev–Trinajstić information content (AvgIpc) is 2.53. The first-order chi connectivity index (χ1) is 5.83. The first-order valence-corrected chi connectivity index (χ1v) is 4.87. The molecular formula is C8H13NO2S. The molecule has 0 fully saturated rings. The first kappa shape index (κ1) is 9.64. The van der Waals surface area contributed by atoms with Crippen LogP contribution >= 0.6 is 11.3 Å². The van der Waals surface area contributed by atoms with E-state index in [1.165, 1.54) is 0 Å². The lowest BCUT2D eigenvalue weighted by Gasteiger charge is -2.06. The van der Waals surface area contributed by atoms with Gasteiger partial charge in [0.2, 0.25) is 0 Å². The Morgan fingerprint density at radius 3 is 3.00 bits per heavy atom. The number of rotatable bonds is 5. The highest BCUT2D eigenvalue weighted by Gasteiger charge is 2.05. The zero-order valence-corrected chi connectivity index (χ0v) is 7.63. The maximum atomic E-state index is 9.42. The Labute approximate surface area is 75.7 Å². The van der Waals surface area contributed by atoms with E-state index < -0.39 is 0 Å². The fraction of sp³-hybridized carbons (Fsp3) is 0.625. The molecule has 0 aliphatic heterocycles. The van der Waals surface area contributed by atoms with Crippen LogP contribution in [-0.2, 0) is 6.42 Å². The van der Waals surface area contributed by atoms with Crippen LogP contribution in [0.15, 0.2) is 11.7 Å². The Morgan fingerprint density at radius 2 is 2.42 bits per heavy atom. The van der Waals surface area contributed by atoms with E-state index in [0.717, 1.165) is 4.88 Å². The maximum Gasteiger partial charge on any atom is 0.0794 e. The summed E-state index contributed by atoms with van der Waals surface area (Å²) in [6, 6.07) is 0. The summed E-state index contributed by atoms with van der Waals surface area (Å²) in [7, 11) is 0. The van der Waals surface area contributed by atoms with Crippen molar-refractivity contribution in [1.82, 2.24) is 4.98 Å². The van der Waals surface area contributed by atoms with E-state index >= 15 is 0 Å². The lowest BCUT2D eigenvalue weighted by atomic mass is 10.1. The monoisotopic (exact) mass is 187 g/mol. The van der Waals surface area contributed by atoms with Crippen molar-refractivity contribution in [3.8, 4) is 0 Å². The lowest BCUT2D eigenvalue weighted by molar-refractivity contribution is 0.150. The second kappa shape index (κ2) is 5.24. The van der Waals surface area contributed by atoms with Crippen molar-refractivity contribution in [2.75, 3.05) is 6.61 Å². The summed E-state index contributed by atoms with van der Waals surface area (Å²) < 4.78 is 0. The Bertz CT molecular complexity index is 201. The van der Waals surface area contributed by atoms with Gasteiger partial charge in [0, 0.05) is 24.1 Å². The molecule has 1 atom stereocenters. The van der Waals surface area contributed by atoms with Gasteiger partial charge in [0.15, 0.2) is 0 Å². The predicted octanol–water partition coefficient (Wildman–Crippen LogP) is 0.819. The molecule has 0 aliphatic carbocycles. The number of hydrogen-bond acceptors (Lipinski definition) is 4. The molecule has 1 rings (SSSR count). The standard InChI is InChI=1S/C8H13NO2S/c10-3-1-2-7(11)4-8-5-9-6-12-8/h5-7,10-11H,1-4H2. The summed E-state index contributed by atoms with van der Waals surface area (Å²) in [5.41, 5.74) is 1.76. The molecule has 1 aromatic rings. The molecule has 0 bridgehead atoms. The highest BCUT2D eigenvalue weighted by Crippen LogP contribution is 2.10. The van der Waals surface area contributed by atoms with Gasteiger partial charge >= 0.3 is 0 Å². The van der Waals surface area contributed by atoms with Gasteiger partial charge in [0.1, 0.15) is 0 Å². The van der Waals surface area contributed by atoms with Crippen LogP contribution < -0.4 is 0 Å². The number of thiazole rings is 1. The van der Waals surface area contributed by atoms with Crippen molar-refractivity contribution in [3.05, 3.63) is 16.6 Å². The van der Waals surface area contributed by atoms with E-state index in [0.29, 0.717) is 19.3 Å². The minimum absolute atomic E-state index is 0.153. The highest BCUT2D eigenvalue weighted by molar-refractivity contribution is 7.09. The molecule has 0 saturated carbocycles. The Morgan fingerprint density at radius 1 is 1.58 bits per heavy atom. The number of aliphatic hydroxyl groups is 2. The van der Waals surface area contributed by atoms with Gasteiger partial charge in [0.05, 0.1) is 11.6 Å². The number of hydrogen-bond donors (Lipinski definition) is 2. The number of aromatic nitrogens is 1. The molecular weight excluding hydrogens is 174 g/mol. The fourth-order valence-corrected chi connectivity index (χ4v) is 1.67. The van der Waals surface area contributed by atoms with Gasteiger partial charge in [-0.2, -0.15) is 0 Å². The average molecular weight is 187 g/mol. The van der Waals surface area contributed by atoms with Crippen molar-refractivity contribution in [2.45, 2.75) is 25.4 Å². The SMILES string of the molecule is OCCCC(O)Cc1cncs1. The van der Waals surface area contributed by atoms with Crippen LogP contribution in [0.25, 0.3) is 0 Å². The smallest absolute Gasteiger partial charge is 0.0794 e. The van der Waals surface area contributed by atoms with Crippen molar-refractivity contribution in [1.29, 1.82) is 0 Å². The van der Waals surface area contributed by atoms with Crippen LogP contribution in [-0.4, -0.2) is 27.9 Å². The van der Waals surface area contributed by atoms with Gasteiger partial charge in [-0.15, -0.1) is 11.3 Å². The topological polar surface area (TPSA) is 53.4 Å². The summed E-state index contributed by atoms with van der Waals surface area (Å²) in [6.45, 7) is 0.153. The maximum absolute atomic E-state index is 9.42. The summed E-state index contributed by atoms with van der Waals surface area (Å²) in [5, 5.41) is 17.9. The summed E-state index contributed by atoms with van der Waals surface area (Å²) >= 11 is 1.55. The van der Waals surface area contributed by atoms with E-state index in [9.17, 15) is 5.11 Å². The Kier molecular flexibility index (Phi) is 4.21. The minimum atomic E-state index is -0.336. The van der Waals surface area contributed by atoms with Gasteiger partial charge in [-0.05, 0) is 12.8 Å². The molecule has 0 saturated heterocycles. The minimum Gasteiger partial charge on any atom is -0.396 e. The molecule has 1 aromatic heterocycles. The van der Waals surface area contributed by atoms with Crippen molar-refractivity contribution < 1.29 is 10.2 Å². The van der Waals surface area contributed by atoms with Crippen LogP contribution in [0.2, 0.25) is 0 Å². The van der Waals surface area contributed by atoms with E-state index in [1.807, 2.05) is 0 Å². The van der Waals surface area contributed by atoms with Gasteiger partial charge in [0.25, 0.3) is 0 Å². The second-order valence-corrected chi connectivity index (χ2v) is 3.66. The molecule has 68 valence electrons. The van der Waals surface area contributed by atoms with Crippen molar-refractivity contribution in [3.63, 3.8) is 0 Å². The largest absolute Gasteiger partial charge is 0.396 e. The molecule has 3 nitrogen and oxygen atoms in total.